The van der Waals surface area contributed by atoms with Crippen LogP contribution < -0.4 is 4.90 Å². The van der Waals surface area contributed by atoms with Crippen LogP contribution in [0.1, 0.15) is 0 Å². The lowest BCUT2D eigenvalue weighted by atomic mass is 10.00. The first-order chi connectivity index (χ1) is 27.3. The maximum absolute atomic E-state index is 2.44. The normalized spacial score (nSPS) is 11.6. The number of fused-ring (bicyclic) bond motifs is 7. The van der Waals surface area contributed by atoms with Gasteiger partial charge in [0.15, 0.2) is 0 Å². The molecule has 0 aliphatic rings. The molecule has 3 heteroatoms. The zero-order valence-corrected chi connectivity index (χ0v) is 30.7. The van der Waals surface area contributed by atoms with Gasteiger partial charge in [-0.2, -0.15) is 0 Å². The predicted octanol–water partition coefficient (Wildman–Crippen LogP) is 15.1. The molecule has 0 fully saturated rings. The third-order valence-corrected chi connectivity index (χ3v) is 12.2. The summed E-state index contributed by atoms with van der Waals surface area (Å²) in [5.74, 6) is 0. The first-order valence-electron chi connectivity index (χ1n) is 18.8. The number of nitrogens with zero attached hydrogens (tertiary/aromatic N) is 2. The maximum atomic E-state index is 2.44. The van der Waals surface area contributed by atoms with Crippen LogP contribution in [0, 0.1) is 0 Å². The molecule has 0 aliphatic carbocycles. The zero-order valence-electron chi connectivity index (χ0n) is 29.9. The number of aromatic nitrogens is 1. The van der Waals surface area contributed by atoms with E-state index in [9.17, 15) is 0 Å². The van der Waals surface area contributed by atoms with Gasteiger partial charge in [0.05, 0.1) is 11.0 Å². The summed E-state index contributed by atoms with van der Waals surface area (Å²) in [5.41, 5.74) is 11.8. The van der Waals surface area contributed by atoms with E-state index in [0.29, 0.717) is 0 Å². The van der Waals surface area contributed by atoms with Gasteiger partial charge in [0, 0.05) is 59.3 Å². The highest BCUT2D eigenvalue weighted by molar-refractivity contribution is 7.26. The topological polar surface area (TPSA) is 8.17 Å². The Morgan fingerprint density at radius 3 is 1.76 bits per heavy atom. The van der Waals surface area contributed by atoms with Crippen molar-refractivity contribution in [3.63, 3.8) is 0 Å². The number of thiophene rings is 1. The van der Waals surface area contributed by atoms with E-state index in [1.807, 2.05) is 11.3 Å². The number of benzene rings is 9. The van der Waals surface area contributed by atoms with Crippen molar-refractivity contribution in [1.29, 1.82) is 0 Å². The molecule has 0 N–H and O–H groups in total. The molecule has 0 saturated carbocycles. The second-order valence-electron chi connectivity index (χ2n) is 14.2. The molecule has 0 spiro atoms. The molecule has 2 aromatic heterocycles. The largest absolute Gasteiger partial charge is 0.310 e. The second kappa shape index (κ2) is 12.9. The SMILES string of the molecule is c1ccc(-c2cccc(N(c3ccc(-c4cc(-n5c6ccccc6c6ccccc65)cc5c4sc4ccccc45)cc3)c3ccc4ccccc4c3)c2)cc1. The smallest absolute Gasteiger partial charge is 0.0541 e. The fourth-order valence-electron chi connectivity index (χ4n) is 8.36. The lowest BCUT2D eigenvalue weighted by molar-refractivity contribution is 1.19. The van der Waals surface area contributed by atoms with E-state index in [-0.39, 0.29) is 0 Å². The van der Waals surface area contributed by atoms with Crippen LogP contribution in [0.2, 0.25) is 0 Å². The fourth-order valence-corrected chi connectivity index (χ4v) is 9.58. The summed E-state index contributed by atoms with van der Waals surface area (Å²) in [4.78, 5) is 2.38. The van der Waals surface area contributed by atoms with Crippen molar-refractivity contribution in [2.75, 3.05) is 4.90 Å². The number of para-hydroxylation sites is 2. The first kappa shape index (κ1) is 31.6. The third-order valence-electron chi connectivity index (χ3n) is 10.9. The molecule has 2 nitrogen and oxygen atoms in total. The first-order valence-corrected chi connectivity index (χ1v) is 19.6. The summed E-state index contributed by atoms with van der Waals surface area (Å²) in [6.07, 6.45) is 0. The van der Waals surface area contributed by atoms with Crippen LogP contribution in [-0.2, 0) is 0 Å². The predicted molar refractivity (Wildman–Crippen MR) is 237 cm³/mol. The number of hydrogen-bond donors (Lipinski definition) is 0. The molecule has 0 bridgehead atoms. The Morgan fingerprint density at radius 1 is 0.364 bits per heavy atom. The summed E-state index contributed by atoms with van der Waals surface area (Å²) in [5, 5.41) is 7.57. The second-order valence-corrected chi connectivity index (χ2v) is 15.2. The molecule has 11 rings (SSSR count). The van der Waals surface area contributed by atoms with E-state index >= 15 is 0 Å². The van der Waals surface area contributed by atoms with Gasteiger partial charge in [-0.15, -0.1) is 11.3 Å². The van der Waals surface area contributed by atoms with Crippen LogP contribution >= 0.6 is 11.3 Å². The highest BCUT2D eigenvalue weighted by atomic mass is 32.1. The summed E-state index contributed by atoms with van der Waals surface area (Å²) in [7, 11) is 0. The highest BCUT2D eigenvalue weighted by Crippen LogP contribution is 2.44. The van der Waals surface area contributed by atoms with Gasteiger partial charge >= 0.3 is 0 Å². The van der Waals surface area contributed by atoms with Crippen molar-refractivity contribution >= 4 is 81.1 Å². The average molecular weight is 719 g/mol. The molecule has 9 aromatic carbocycles. The van der Waals surface area contributed by atoms with Crippen molar-refractivity contribution in [3.8, 4) is 27.9 Å². The molecule has 55 heavy (non-hydrogen) atoms. The van der Waals surface area contributed by atoms with Crippen LogP contribution in [-0.4, -0.2) is 4.57 Å². The van der Waals surface area contributed by atoms with Gasteiger partial charge in [-0.05, 0) is 94.2 Å². The molecule has 0 aliphatic heterocycles. The van der Waals surface area contributed by atoms with Crippen molar-refractivity contribution in [1.82, 2.24) is 4.57 Å². The highest BCUT2D eigenvalue weighted by Gasteiger charge is 2.19. The summed E-state index contributed by atoms with van der Waals surface area (Å²) in [6, 6.07) is 75.2. The third kappa shape index (κ3) is 5.32. The minimum atomic E-state index is 1.11. The van der Waals surface area contributed by atoms with Gasteiger partial charge in [0.1, 0.15) is 0 Å². The Balaban J connectivity index is 1.10. The monoisotopic (exact) mass is 718 g/mol. The number of anilines is 3. The van der Waals surface area contributed by atoms with Crippen molar-refractivity contribution < 1.29 is 0 Å². The quantitative estimate of drug-likeness (QED) is 0.166. The Bertz CT molecular complexity index is 3150. The molecule has 11 aromatic rings. The summed E-state index contributed by atoms with van der Waals surface area (Å²) < 4.78 is 5.05. The molecule has 0 saturated heterocycles. The van der Waals surface area contributed by atoms with E-state index in [0.717, 1.165) is 17.1 Å². The average Bonchev–Trinajstić information content (AvgIpc) is 3.80. The van der Waals surface area contributed by atoms with E-state index in [4.69, 9.17) is 0 Å². The lowest BCUT2D eigenvalue weighted by Crippen LogP contribution is -2.10. The Hall–Kier alpha value is -6.94. The van der Waals surface area contributed by atoms with Gasteiger partial charge in [-0.25, -0.2) is 0 Å². The van der Waals surface area contributed by atoms with Crippen LogP contribution in [0.3, 0.4) is 0 Å². The minimum absolute atomic E-state index is 1.11. The van der Waals surface area contributed by atoms with Gasteiger partial charge in [0.2, 0.25) is 0 Å². The molecular formula is C52H34N2S. The lowest BCUT2D eigenvalue weighted by Gasteiger charge is -2.26. The molecular weight excluding hydrogens is 685 g/mol. The molecule has 0 radical (unpaired) electrons. The molecule has 0 atom stereocenters. The van der Waals surface area contributed by atoms with Gasteiger partial charge in [-0.3, -0.25) is 0 Å². The van der Waals surface area contributed by atoms with E-state index in [1.165, 1.54) is 80.7 Å². The Labute approximate surface area is 323 Å². The summed E-state index contributed by atoms with van der Waals surface area (Å²) in [6.45, 7) is 0. The van der Waals surface area contributed by atoms with Gasteiger partial charge in [0.25, 0.3) is 0 Å². The van der Waals surface area contributed by atoms with Crippen molar-refractivity contribution in [2.24, 2.45) is 0 Å². The van der Waals surface area contributed by atoms with E-state index < -0.39 is 0 Å². The molecule has 0 unspecified atom stereocenters. The van der Waals surface area contributed by atoms with Crippen LogP contribution in [0.15, 0.2) is 206 Å². The number of hydrogen-bond acceptors (Lipinski definition) is 2. The fraction of sp³-hybridized carbons (Fsp3) is 0. The van der Waals surface area contributed by atoms with Crippen LogP contribution in [0.25, 0.3) is 80.7 Å². The van der Waals surface area contributed by atoms with Gasteiger partial charge < -0.3 is 9.47 Å². The van der Waals surface area contributed by atoms with Crippen LogP contribution in [0.5, 0.6) is 0 Å². The standard InChI is InChI=1S/C52H34N2S/c1-2-13-35(14-3-1)39-17-12-18-41(31-39)53(42-30-25-36-15-4-5-16-38(36)32-42)40-28-26-37(27-29-40)47-33-43(34-48-46-21-8-11-24-51(46)55-52(47)48)54-49-22-9-6-19-44(49)45-20-7-10-23-50(45)54/h1-34H. The molecule has 258 valence electrons. The van der Waals surface area contributed by atoms with Crippen molar-refractivity contribution in [2.45, 2.75) is 0 Å². The van der Waals surface area contributed by atoms with E-state index in [2.05, 4.69) is 216 Å². The Morgan fingerprint density at radius 2 is 0.982 bits per heavy atom. The van der Waals surface area contributed by atoms with Crippen molar-refractivity contribution in [3.05, 3.63) is 206 Å². The molecule has 2 heterocycles. The maximum Gasteiger partial charge on any atom is 0.0541 e. The Kier molecular flexibility index (Phi) is 7.39. The zero-order chi connectivity index (χ0) is 36.3. The van der Waals surface area contributed by atoms with Crippen LogP contribution in [0.4, 0.5) is 17.1 Å². The minimum Gasteiger partial charge on any atom is -0.310 e. The molecule has 0 amide bonds. The number of rotatable bonds is 6. The summed E-state index contributed by atoms with van der Waals surface area (Å²) >= 11 is 1.88. The van der Waals surface area contributed by atoms with E-state index in [1.54, 1.807) is 0 Å². The van der Waals surface area contributed by atoms with Gasteiger partial charge in [-0.1, -0.05) is 140 Å².